The number of phenolic OH excluding ortho intramolecular Hbond substituents is 1. The van der Waals surface area contributed by atoms with Crippen LogP contribution in [-0.2, 0) is 9.53 Å². The minimum atomic E-state index is -0.631. The molecule has 1 aromatic carbocycles. The molecule has 0 aliphatic rings. The molecule has 1 aromatic heterocycles. The minimum Gasteiger partial charge on any atom is -0.507 e. The lowest BCUT2D eigenvalue weighted by Crippen LogP contribution is -2.10. The Labute approximate surface area is 115 Å². The summed E-state index contributed by atoms with van der Waals surface area (Å²) in [5.41, 5.74) is 0.485. The summed E-state index contributed by atoms with van der Waals surface area (Å²) in [7, 11) is 0. The quantitative estimate of drug-likeness (QED) is 0.676. The first-order chi connectivity index (χ1) is 9.61. The number of carbonyl (C=O) groups is 1. The van der Waals surface area contributed by atoms with Crippen LogP contribution in [0.5, 0.6) is 5.75 Å². The van der Waals surface area contributed by atoms with E-state index in [0.717, 1.165) is 6.08 Å². The summed E-state index contributed by atoms with van der Waals surface area (Å²) in [6, 6.07) is 6.70. The maximum absolute atomic E-state index is 11.2. The van der Waals surface area contributed by atoms with Crippen molar-refractivity contribution in [3.63, 3.8) is 0 Å². The fourth-order valence-electron chi connectivity index (χ4n) is 1.57. The van der Waals surface area contributed by atoms with Gasteiger partial charge in [-0.05, 0) is 19.1 Å². The van der Waals surface area contributed by atoms with Crippen LogP contribution in [0.4, 0.5) is 0 Å². The number of hydrogen-bond donors (Lipinski definition) is 1. The molecule has 102 valence electrons. The molecule has 1 unspecified atom stereocenters. The summed E-state index contributed by atoms with van der Waals surface area (Å²) in [6.45, 7) is 4.97. The van der Waals surface area contributed by atoms with Crippen LogP contribution in [0, 0.1) is 0 Å². The van der Waals surface area contributed by atoms with Crippen LogP contribution < -0.4 is 0 Å². The number of nitrogens with zero attached hydrogens (tertiary/aromatic N) is 3. The van der Waals surface area contributed by atoms with Crippen molar-refractivity contribution in [1.82, 2.24) is 15.0 Å². The largest absolute Gasteiger partial charge is 0.507 e. The van der Waals surface area contributed by atoms with Crippen molar-refractivity contribution in [2.24, 2.45) is 0 Å². The summed E-state index contributed by atoms with van der Waals surface area (Å²) in [4.78, 5) is 23.3. The molecule has 20 heavy (non-hydrogen) atoms. The molecule has 1 N–H and O–H groups in total. The molecule has 2 aromatic rings. The van der Waals surface area contributed by atoms with Gasteiger partial charge in [-0.15, -0.1) is 0 Å². The molecular formula is C14H13N3O3. The van der Waals surface area contributed by atoms with Gasteiger partial charge in [0.2, 0.25) is 0 Å². The van der Waals surface area contributed by atoms with Gasteiger partial charge in [0.15, 0.2) is 17.8 Å². The van der Waals surface area contributed by atoms with E-state index >= 15 is 0 Å². The third-order valence-corrected chi connectivity index (χ3v) is 2.56. The Morgan fingerprint density at radius 2 is 2.15 bits per heavy atom. The van der Waals surface area contributed by atoms with E-state index in [2.05, 4.69) is 21.5 Å². The number of benzene rings is 1. The first kappa shape index (κ1) is 13.7. The first-order valence-electron chi connectivity index (χ1n) is 5.92. The predicted molar refractivity (Wildman–Crippen MR) is 71.6 cm³/mol. The highest BCUT2D eigenvalue weighted by atomic mass is 16.5. The summed E-state index contributed by atoms with van der Waals surface area (Å²) in [5, 5.41) is 9.78. The van der Waals surface area contributed by atoms with Crippen molar-refractivity contribution >= 4 is 5.97 Å². The van der Waals surface area contributed by atoms with Gasteiger partial charge in [-0.2, -0.15) is 0 Å². The Morgan fingerprint density at radius 3 is 2.85 bits per heavy atom. The van der Waals surface area contributed by atoms with Crippen LogP contribution in [0.2, 0.25) is 0 Å². The Morgan fingerprint density at radius 1 is 1.40 bits per heavy atom. The number of carbonyl (C=O) groups excluding carboxylic acids is 1. The molecule has 0 spiro atoms. The number of esters is 1. The fraction of sp³-hybridized carbons (Fsp3) is 0.143. The number of hydrogen-bond acceptors (Lipinski definition) is 6. The second-order valence-electron chi connectivity index (χ2n) is 3.97. The molecular weight excluding hydrogens is 258 g/mol. The smallest absolute Gasteiger partial charge is 0.330 e. The van der Waals surface area contributed by atoms with E-state index in [0.29, 0.717) is 17.2 Å². The van der Waals surface area contributed by atoms with E-state index in [-0.39, 0.29) is 5.75 Å². The highest BCUT2D eigenvalue weighted by Crippen LogP contribution is 2.26. The molecule has 0 aliphatic heterocycles. The van der Waals surface area contributed by atoms with Crippen LogP contribution in [0.1, 0.15) is 18.9 Å². The predicted octanol–water partition coefficient (Wildman–Crippen LogP) is 2.03. The van der Waals surface area contributed by atoms with E-state index in [4.69, 9.17) is 4.74 Å². The van der Waals surface area contributed by atoms with E-state index < -0.39 is 12.1 Å². The Bertz CT molecular complexity index is 643. The van der Waals surface area contributed by atoms with Crippen molar-refractivity contribution in [2.75, 3.05) is 0 Å². The maximum Gasteiger partial charge on any atom is 0.330 e. The van der Waals surface area contributed by atoms with E-state index in [1.807, 2.05) is 0 Å². The van der Waals surface area contributed by atoms with Crippen molar-refractivity contribution in [1.29, 1.82) is 0 Å². The molecule has 0 amide bonds. The Balaban J connectivity index is 2.31. The highest BCUT2D eigenvalue weighted by Gasteiger charge is 2.15. The number of aromatic nitrogens is 3. The minimum absolute atomic E-state index is 0.0698. The average Bonchev–Trinajstić information content (AvgIpc) is 2.47. The van der Waals surface area contributed by atoms with Crippen molar-refractivity contribution in [3.8, 4) is 17.1 Å². The molecule has 0 aliphatic carbocycles. The van der Waals surface area contributed by atoms with Crippen molar-refractivity contribution in [3.05, 3.63) is 49.1 Å². The van der Waals surface area contributed by atoms with Crippen molar-refractivity contribution in [2.45, 2.75) is 13.0 Å². The zero-order chi connectivity index (χ0) is 14.5. The lowest BCUT2D eigenvalue weighted by atomic mass is 10.2. The van der Waals surface area contributed by atoms with Gasteiger partial charge in [0.05, 0.1) is 5.56 Å². The SMILES string of the molecule is C=CC(=O)OC(C)c1ncnc(-c2ccccc2O)n1. The molecule has 0 saturated carbocycles. The van der Waals surface area contributed by atoms with Gasteiger partial charge >= 0.3 is 5.97 Å². The first-order valence-corrected chi connectivity index (χ1v) is 5.92. The summed E-state index contributed by atoms with van der Waals surface area (Å²) < 4.78 is 5.03. The summed E-state index contributed by atoms with van der Waals surface area (Å²) in [6.07, 6.45) is 1.75. The van der Waals surface area contributed by atoms with E-state index in [1.165, 1.54) is 6.33 Å². The van der Waals surface area contributed by atoms with Gasteiger partial charge in [-0.3, -0.25) is 0 Å². The monoisotopic (exact) mass is 271 g/mol. The second kappa shape index (κ2) is 5.92. The van der Waals surface area contributed by atoms with Gasteiger partial charge in [0.25, 0.3) is 0 Å². The van der Waals surface area contributed by atoms with Crippen LogP contribution in [0.3, 0.4) is 0 Å². The number of phenols is 1. The Hall–Kier alpha value is -2.76. The third kappa shape index (κ3) is 2.97. The molecule has 1 atom stereocenters. The van der Waals surface area contributed by atoms with Crippen LogP contribution in [-0.4, -0.2) is 26.0 Å². The standard InChI is InChI=1S/C14H13N3O3/c1-3-12(19)20-9(2)13-15-8-16-14(17-13)10-6-4-5-7-11(10)18/h3-9,18H,1H2,2H3. The summed E-state index contributed by atoms with van der Waals surface area (Å²) >= 11 is 0. The zero-order valence-corrected chi connectivity index (χ0v) is 10.9. The third-order valence-electron chi connectivity index (χ3n) is 2.56. The zero-order valence-electron chi connectivity index (χ0n) is 10.9. The highest BCUT2D eigenvalue weighted by molar-refractivity contribution is 5.81. The van der Waals surface area contributed by atoms with Crippen LogP contribution in [0.15, 0.2) is 43.2 Å². The number of aromatic hydroxyl groups is 1. The van der Waals surface area contributed by atoms with Gasteiger partial charge in [-0.1, -0.05) is 18.7 Å². The Kier molecular flexibility index (Phi) is 4.05. The van der Waals surface area contributed by atoms with Gasteiger partial charge in [0.1, 0.15) is 12.1 Å². The summed E-state index contributed by atoms with van der Waals surface area (Å²) in [5.74, 6) is 0.130. The molecule has 0 radical (unpaired) electrons. The molecule has 0 bridgehead atoms. The van der Waals surface area contributed by atoms with Gasteiger partial charge in [-0.25, -0.2) is 19.7 Å². The fourth-order valence-corrected chi connectivity index (χ4v) is 1.57. The molecule has 6 heteroatoms. The molecule has 0 fully saturated rings. The molecule has 0 saturated heterocycles. The van der Waals surface area contributed by atoms with Gasteiger partial charge < -0.3 is 9.84 Å². The maximum atomic E-state index is 11.2. The van der Waals surface area contributed by atoms with Gasteiger partial charge in [0, 0.05) is 6.08 Å². The molecule has 6 nitrogen and oxygen atoms in total. The molecule has 1 heterocycles. The topological polar surface area (TPSA) is 85.2 Å². The number of para-hydroxylation sites is 1. The average molecular weight is 271 g/mol. The van der Waals surface area contributed by atoms with E-state index in [1.54, 1.807) is 31.2 Å². The van der Waals surface area contributed by atoms with Crippen molar-refractivity contribution < 1.29 is 14.6 Å². The molecule has 2 rings (SSSR count). The second-order valence-corrected chi connectivity index (χ2v) is 3.97. The number of ether oxygens (including phenoxy) is 1. The normalized spacial score (nSPS) is 11.7. The lowest BCUT2D eigenvalue weighted by Gasteiger charge is -2.11. The lowest BCUT2D eigenvalue weighted by molar-refractivity contribution is -0.142. The van der Waals surface area contributed by atoms with Crippen LogP contribution in [0.25, 0.3) is 11.4 Å². The van der Waals surface area contributed by atoms with Crippen LogP contribution >= 0.6 is 0 Å². The van der Waals surface area contributed by atoms with E-state index in [9.17, 15) is 9.90 Å². The number of rotatable bonds is 4.